The van der Waals surface area contributed by atoms with Crippen molar-refractivity contribution in [3.63, 3.8) is 0 Å². The van der Waals surface area contributed by atoms with Crippen molar-refractivity contribution in [2.24, 2.45) is 10.1 Å². The average Bonchev–Trinajstić information content (AvgIpc) is 3.40. The summed E-state index contributed by atoms with van der Waals surface area (Å²) in [5.41, 5.74) is 1.57. The maximum atomic E-state index is 12.1. The first-order valence-corrected chi connectivity index (χ1v) is 10.6. The van der Waals surface area contributed by atoms with Gasteiger partial charge in [0.1, 0.15) is 11.4 Å². The van der Waals surface area contributed by atoms with E-state index in [2.05, 4.69) is 20.3 Å². The molecule has 0 unspecified atom stereocenters. The quantitative estimate of drug-likeness (QED) is 0.442. The highest BCUT2D eigenvalue weighted by Crippen LogP contribution is 2.28. The van der Waals surface area contributed by atoms with Crippen LogP contribution < -0.4 is 4.90 Å². The first-order chi connectivity index (χ1) is 16.7. The van der Waals surface area contributed by atoms with Crippen molar-refractivity contribution >= 4 is 40.7 Å². The molecule has 0 saturated carbocycles. The van der Waals surface area contributed by atoms with Gasteiger partial charge < -0.3 is 20.2 Å². The Morgan fingerprint density at radius 3 is 2.17 bits per heavy atom. The van der Waals surface area contributed by atoms with Gasteiger partial charge in [-0.25, -0.2) is 19.4 Å². The van der Waals surface area contributed by atoms with E-state index in [4.69, 9.17) is 0 Å². The molecule has 12 nitrogen and oxygen atoms in total. The normalized spacial score (nSPS) is 13.4. The monoisotopic (exact) mass is 476 g/mol. The summed E-state index contributed by atoms with van der Waals surface area (Å²) in [6.45, 7) is 5.30. The van der Waals surface area contributed by atoms with Crippen LogP contribution in [0.4, 0.5) is 11.4 Å². The molecule has 3 N–H and O–H groups in total. The maximum absolute atomic E-state index is 12.1. The predicted molar refractivity (Wildman–Crippen MR) is 125 cm³/mol. The van der Waals surface area contributed by atoms with Crippen LogP contribution in [0.5, 0.6) is 0 Å². The zero-order valence-electron chi connectivity index (χ0n) is 18.7. The molecule has 0 atom stereocenters. The van der Waals surface area contributed by atoms with Crippen LogP contribution >= 0.6 is 0 Å². The number of carboxylic acids is 3. The third-order valence-electron chi connectivity index (χ3n) is 5.44. The molecule has 0 bridgehead atoms. The number of aliphatic imine (C=N–C) groups is 1. The molecular formula is C23H20N6O6. The van der Waals surface area contributed by atoms with Crippen LogP contribution in [0.15, 0.2) is 52.6 Å². The lowest BCUT2D eigenvalue weighted by molar-refractivity contribution is 0.0672. The zero-order chi connectivity index (χ0) is 25.3. The highest BCUT2D eigenvalue weighted by Gasteiger charge is 2.32. The zero-order valence-corrected chi connectivity index (χ0v) is 18.7. The Morgan fingerprint density at radius 2 is 1.60 bits per heavy atom. The second-order valence-corrected chi connectivity index (χ2v) is 7.43. The van der Waals surface area contributed by atoms with Crippen LogP contribution in [0.1, 0.15) is 56.6 Å². The largest absolute Gasteiger partial charge is 0.478 e. The molecule has 3 aromatic rings. The van der Waals surface area contributed by atoms with Crippen LogP contribution in [0, 0.1) is 0 Å². The number of fused-ring (bicyclic) bond motifs is 1. The van der Waals surface area contributed by atoms with Gasteiger partial charge in [-0.3, -0.25) is 0 Å². The number of aromatic carboxylic acids is 3. The number of carboxylic acid groups (broad SMARTS) is 3. The van der Waals surface area contributed by atoms with Gasteiger partial charge in [0.05, 0.1) is 16.8 Å². The minimum Gasteiger partial charge on any atom is -0.478 e. The number of nitrogens with zero attached hydrogens (tertiary/aromatic N) is 6. The van der Waals surface area contributed by atoms with Crippen molar-refractivity contribution < 1.29 is 29.7 Å². The first kappa shape index (κ1) is 23.3. The van der Waals surface area contributed by atoms with Crippen LogP contribution in [-0.4, -0.2) is 72.6 Å². The fourth-order valence-corrected chi connectivity index (χ4v) is 3.68. The third kappa shape index (κ3) is 4.24. The van der Waals surface area contributed by atoms with Crippen molar-refractivity contribution in [1.29, 1.82) is 0 Å². The number of anilines is 1. The molecule has 1 aliphatic rings. The molecule has 178 valence electrons. The van der Waals surface area contributed by atoms with Crippen molar-refractivity contribution in [2.75, 3.05) is 18.0 Å². The summed E-state index contributed by atoms with van der Waals surface area (Å²) in [5.74, 6) is -4.08. The summed E-state index contributed by atoms with van der Waals surface area (Å²) < 4.78 is 1.01. The number of hydrogen-bond donors (Lipinski definition) is 3. The lowest BCUT2D eigenvalue weighted by Crippen LogP contribution is -2.22. The van der Waals surface area contributed by atoms with E-state index >= 15 is 0 Å². The lowest BCUT2D eigenvalue weighted by Gasteiger charge is -2.21. The molecule has 35 heavy (non-hydrogen) atoms. The van der Waals surface area contributed by atoms with E-state index in [9.17, 15) is 29.7 Å². The molecule has 0 fully saturated rings. The van der Waals surface area contributed by atoms with Crippen molar-refractivity contribution in [3.05, 3.63) is 70.8 Å². The second kappa shape index (κ2) is 9.17. The summed E-state index contributed by atoms with van der Waals surface area (Å²) in [5, 5.41) is 40.3. The van der Waals surface area contributed by atoms with Crippen molar-refractivity contribution in [1.82, 2.24) is 14.9 Å². The maximum Gasteiger partial charge on any atom is 0.375 e. The minimum absolute atomic E-state index is 0.0175. The fraction of sp³-hybridized carbons (Fsp3) is 0.174. The predicted octanol–water partition coefficient (Wildman–Crippen LogP) is 2.61. The van der Waals surface area contributed by atoms with E-state index in [-0.39, 0.29) is 34.1 Å². The Balaban J connectivity index is 1.89. The van der Waals surface area contributed by atoms with Gasteiger partial charge >= 0.3 is 17.9 Å². The topological polar surface area (TPSA) is 171 Å². The molecule has 0 spiro atoms. The smallest absolute Gasteiger partial charge is 0.375 e. The van der Waals surface area contributed by atoms with Crippen LogP contribution in [0.25, 0.3) is 0 Å². The van der Waals surface area contributed by atoms with Crippen molar-refractivity contribution in [3.8, 4) is 0 Å². The molecule has 0 radical (unpaired) electrons. The Labute approximate surface area is 198 Å². The number of carbonyl (C=O) groups is 3. The number of hydrogen-bond acceptors (Lipinski definition) is 8. The first-order valence-electron chi connectivity index (χ1n) is 10.6. The Hall–Kier alpha value is -4.87. The van der Waals surface area contributed by atoms with E-state index in [0.29, 0.717) is 18.7 Å². The summed E-state index contributed by atoms with van der Waals surface area (Å²) in [6.07, 6.45) is 0. The van der Waals surface area contributed by atoms with Gasteiger partial charge in [0.25, 0.3) is 5.82 Å². The van der Waals surface area contributed by atoms with Crippen LogP contribution in [-0.2, 0) is 0 Å². The molecule has 0 amide bonds. The van der Waals surface area contributed by atoms with Gasteiger partial charge in [-0.15, -0.1) is 10.2 Å². The summed E-state index contributed by atoms with van der Waals surface area (Å²) in [7, 11) is 0. The highest BCUT2D eigenvalue weighted by atomic mass is 16.4. The molecule has 0 aliphatic carbocycles. The fourth-order valence-electron chi connectivity index (χ4n) is 3.68. The standard InChI is InChI=1S/C23H20N6O6/c1-3-28(4-2)14-9-10-16(15(11-14)22(32)33)24-18-17(12-5-7-13(8-6-12)21(30)31)27-29-19(18)25-26-20(29)23(34)35/h5-11H,3-4H2,1-2H3,(H,30,31)(H,32,33)(H,34,35). The van der Waals surface area contributed by atoms with Crippen LogP contribution in [0.3, 0.4) is 0 Å². The van der Waals surface area contributed by atoms with Gasteiger partial charge in [-0.1, -0.05) is 12.1 Å². The van der Waals surface area contributed by atoms with E-state index in [1.54, 1.807) is 12.1 Å². The van der Waals surface area contributed by atoms with Crippen LogP contribution in [0.2, 0.25) is 0 Å². The molecular weight excluding hydrogens is 456 g/mol. The Kier molecular flexibility index (Phi) is 6.10. The summed E-state index contributed by atoms with van der Waals surface area (Å²) >= 11 is 0. The molecule has 2 heterocycles. The summed E-state index contributed by atoms with van der Waals surface area (Å²) in [4.78, 5) is 41.3. The second-order valence-electron chi connectivity index (χ2n) is 7.43. The molecule has 12 heteroatoms. The van der Waals surface area contributed by atoms with Gasteiger partial charge in [-0.05, 0) is 44.2 Å². The van der Waals surface area contributed by atoms with Gasteiger partial charge in [0.2, 0.25) is 5.82 Å². The van der Waals surface area contributed by atoms with E-state index in [0.717, 1.165) is 10.4 Å². The molecule has 1 aromatic heterocycles. The lowest BCUT2D eigenvalue weighted by atomic mass is 10.0. The SMILES string of the molecule is CCN(CC)c1ccc(N=C2C(c3ccc(C(=O)O)cc3)=Nn3c(C(=O)O)nnc32)c(C(=O)O)c1. The number of rotatable bonds is 8. The number of aromatic nitrogens is 3. The molecule has 4 rings (SSSR count). The minimum atomic E-state index is -1.36. The van der Waals surface area contributed by atoms with Crippen molar-refractivity contribution in [2.45, 2.75) is 13.8 Å². The van der Waals surface area contributed by atoms with E-state index in [1.807, 2.05) is 18.7 Å². The van der Waals surface area contributed by atoms with Gasteiger partial charge in [-0.2, -0.15) is 9.78 Å². The van der Waals surface area contributed by atoms with Gasteiger partial charge in [0, 0.05) is 24.3 Å². The van der Waals surface area contributed by atoms with E-state index < -0.39 is 23.7 Å². The Morgan fingerprint density at radius 1 is 0.914 bits per heavy atom. The Bertz CT molecular complexity index is 1400. The van der Waals surface area contributed by atoms with E-state index in [1.165, 1.54) is 30.3 Å². The third-order valence-corrected chi connectivity index (χ3v) is 5.44. The average molecular weight is 476 g/mol. The van der Waals surface area contributed by atoms with Gasteiger partial charge in [0.15, 0.2) is 0 Å². The molecule has 2 aromatic carbocycles. The summed E-state index contributed by atoms with van der Waals surface area (Å²) in [6, 6.07) is 10.6. The number of benzene rings is 2. The molecule has 1 aliphatic heterocycles. The molecule has 0 saturated heterocycles. The highest BCUT2D eigenvalue weighted by molar-refractivity contribution is 6.54.